The van der Waals surface area contributed by atoms with Crippen molar-refractivity contribution in [2.24, 2.45) is 0 Å². The maximum Gasteiger partial charge on any atom is 0.335 e. The zero-order valence-electron chi connectivity index (χ0n) is 14.5. The second-order valence-electron chi connectivity index (χ2n) is 5.46. The van der Waals surface area contributed by atoms with Crippen molar-refractivity contribution < 1.29 is 27.8 Å². The van der Waals surface area contributed by atoms with Crippen LogP contribution >= 0.6 is 11.3 Å². The lowest BCUT2D eigenvalue weighted by molar-refractivity contribution is 0.0696. The Morgan fingerprint density at radius 1 is 1.29 bits per heavy atom. The molecule has 0 fully saturated rings. The minimum Gasteiger partial charge on any atom is -0.492 e. The van der Waals surface area contributed by atoms with E-state index in [1.165, 1.54) is 36.5 Å². The number of ether oxygens (including phenoxy) is 1. The Bertz CT molecular complexity index is 1020. The van der Waals surface area contributed by atoms with Gasteiger partial charge in [-0.2, -0.15) is 0 Å². The highest BCUT2D eigenvalue weighted by atomic mass is 32.2. The number of nitrogens with zero attached hydrogens (tertiary/aromatic N) is 2. The van der Waals surface area contributed by atoms with Gasteiger partial charge in [0, 0.05) is 5.56 Å². The van der Waals surface area contributed by atoms with Crippen molar-refractivity contribution in [3.63, 3.8) is 0 Å². The number of carbonyl (C=O) groups is 1. The second kappa shape index (κ2) is 8.46. The highest BCUT2D eigenvalue weighted by molar-refractivity contribution is 7.81. The summed E-state index contributed by atoms with van der Waals surface area (Å²) in [5.41, 5.74) is 0.877. The summed E-state index contributed by atoms with van der Waals surface area (Å²) in [7, 11) is 0. The van der Waals surface area contributed by atoms with E-state index in [2.05, 4.69) is 4.98 Å². The van der Waals surface area contributed by atoms with Crippen LogP contribution in [0.3, 0.4) is 0 Å². The van der Waals surface area contributed by atoms with Crippen LogP contribution in [0, 0.1) is 5.82 Å². The van der Waals surface area contributed by atoms with E-state index in [-0.39, 0.29) is 29.4 Å². The summed E-state index contributed by atoms with van der Waals surface area (Å²) in [6, 6.07) is 9.74. The van der Waals surface area contributed by atoms with Crippen LogP contribution in [0.2, 0.25) is 0 Å². The smallest absolute Gasteiger partial charge is 0.335 e. The van der Waals surface area contributed by atoms with E-state index in [9.17, 15) is 17.9 Å². The molecule has 0 saturated carbocycles. The van der Waals surface area contributed by atoms with E-state index < -0.39 is 17.2 Å². The molecule has 10 heteroatoms. The number of thiazole rings is 1. The second-order valence-corrected chi connectivity index (χ2v) is 7.29. The van der Waals surface area contributed by atoms with E-state index >= 15 is 0 Å². The summed E-state index contributed by atoms with van der Waals surface area (Å²) in [6.45, 7) is 1.96. The number of aromatic nitrogens is 1. The Hall–Kier alpha value is -2.82. The first-order chi connectivity index (χ1) is 13.4. The van der Waals surface area contributed by atoms with Crippen LogP contribution in [0.5, 0.6) is 5.75 Å². The van der Waals surface area contributed by atoms with Gasteiger partial charge in [-0.15, -0.1) is 0 Å². The van der Waals surface area contributed by atoms with Gasteiger partial charge < -0.3 is 9.84 Å². The van der Waals surface area contributed by atoms with Gasteiger partial charge in [-0.05, 0) is 49.4 Å². The summed E-state index contributed by atoms with van der Waals surface area (Å²) >= 11 is -1.34. The van der Waals surface area contributed by atoms with Crippen LogP contribution in [0.15, 0.2) is 48.7 Å². The fourth-order valence-corrected chi connectivity index (χ4v) is 4.12. The van der Waals surface area contributed by atoms with Crippen LogP contribution in [-0.4, -0.2) is 31.4 Å². The average Bonchev–Trinajstić information content (AvgIpc) is 3.13. The van der Waals surface area contributed by atoms with Gasteiger partial charge in [-0.25, -0.2) is 22.7 Å². The first kappa shape index (κ1) is 19.9. The molecular weight excluding hydrogens is 407 g/mol. The molecule has 1 unspecified atom stereocenters. The molecule has 0 radical (unpaired) electrons. The number of carboxylic acid groups (broad SMARTS) is 1. The minimum absolute atomic E-state index is 0.00724. The molecule has 0 bridgehead atoms. The Morgan fingerprint density at radius 3 is 2.61 bits per heavy atom. The zero-order chi connectivity index (χ0) is 20.3. The lowest BCUT2D eigenvalue weighted by atomic mass is 10.2. The maximum atomic E-state index is 13.1. The number of benzene rings is 2. The first-order valence-corrected chi connectivity index (χ1v) is 9.91. The number of aromatic carboxylic acids is 1. The number of hydrogen-bond acceptors (Lipinski definition) is 5. The molecule has 0 aliphatic heterocycles. The van der Waals surface area contributed by atoms with Crippen LogP contribution < -0.4 is 9.04 Å². The van der Waals surface area contributed by atoms with Crippen LogP contribution in [0.25, 0.3) is 10.6 Å². The summed E-state index contributed by atoms with van der Waals surface area (Å²) in [5, 5.41) is 10.0. The standard InChI is InChI=1S/C18H15FN2O5S2/c1-2-26-15-9-12(18(22)23)5-8-14(15)21(28(24)25)16-10-20-17(27-16)11-3-6-13(19)7-4-11/h3-10H,2H2,1H3,(H,22,23)(H,24,25). The van der Waals surface area contributed by atoms with Gasteiger partial charge in [0.05, 0.1) is 24.1 Å². The molecule has 146 valence electrons. The molecule has 0 aliphatic rings. The Kier molecular flexibility index (Phi) is 6.02. The summed E-state index contributed by atoms with van der Waals surface area (Å²) in [6.07, 6.45) is 1.41. The van der Waals surface area contributed by atoms with Crippen LogP contribution in [-0.2, 0) is 11.3 Å². The van der Waals surface area contributed by atoms with Gasteiger partial charge >= 0.3 is 5.97 Å². The lowest BCUT2D eigenvalue weighted by Crippen LogP contribution is -2.19. The van der Waals surface area contributed by atoms with Gasteiger partial charge in [0.1, 0.15) is 21.6 Å². The van der Waals surface area contributed by atoms with Crippen molar-refractivity contribution in [1.82, 2.24) is 4.98 Å². The number of halogens is 1. The monoisotopic (exact) mass is 422 g/mol. The third-order valence-corrected chi connectivity index (χ3v) is 5.52. The maximum absolute atomic E-state index is 13.1. The number of rotatable bonds is 7. The van der Waals surface area contributed by atoms with Crippen molar-refractivity contribution in [2.75, 3.05) is 10.9 Å². The highest BCUT2D eigenvalue weighted by Crippen LogP contribution is 2.40. The summed E-state index contributed by atoms with van der Waals surface area (Å²) < 4.78 is 41.6. The molecule has 2 aromatic carbocycles. The molecule has 1 atom stereocenters. The lowest BCUT2D eigenvalue weighted by Gasteiger charge is -2.21. The Morgan fingerprint density at radius 2 is 2.00 bits per heavy atom. The third-order valence-electron chi connectivity index (χ3n) is 3.67. The molecule has 0 spiro atoms. The van der Waals surface area contributed by atoms with Gasteiger partial charge in [0.2, 0.25) is 0 Å². The molecule has 0 amide bonds. The number of anilines is 2. The van der Waals surface area contributed by atoms with Crippen molar-refractivity contribution in [2.45, 2.75) is 6.92 Å². The number of hydrogen-bond donors (Lipinski definition) is 2. The normalized spacial score (nSPS) is 11.8. The van der Waals surface area contributed by atoms with Crippen LogP contribution in [0.4, 0.5) is 15.1 Å². The molecule has 3 rings (SSSR count). The van der Waals surface area contributed by atoms with Crippen molar-refractivity contribution in [1.29, 1.82) is 0 Å². The fourth-order valence-electron chi connectivity index (χ4n) is 2.45. The summed E-state index contributed by atoms with van der Waals surface area (Å²) in [5.74, 6) is -1.36. The van der Waals surface area contributed by atoms with Gasteiger partial charge in [-0.3, -0.25) is 4.55 Å². The molecular formula is C18H15FN2O5S2. The molecule has 1 heterocycles. The van der Waals surface area contributed by atoms with E-state index in [0.29, 0.717) is 15.6 Å². The van der Waals surface area contributed by atoms with Crippen LogP contribution in [0.1, 0.15) is 17.3 Å². The quantitative estimate of drug-likeness (QED) is 0.550. The van der Waals surface area contributed by atoms with Crippen molar-refractivity contribution in [3.05, 3.63) is 60.0 Å². The molecule has 0 saturated heterocycles. The SMILES string of the molecule is CCOc1cc(C(=O)O)ccc1N(c1cnc(-c2ccc(F)cc2)s1)S(=O)O. The Labute approximate surface area is 166 Å². The van der Waals surface area contributed by atoms with Crippen molar-refractivity contribution in [3.8, 4) is 16.3 Å². The first-order valence-electron chi connectivity index (χ1n) is 8.03. The van der Waals surface area contributed by atoms with Gasteiger partial charge in [0.15, 0.2) is 0 Å². The third kappa shape index (κ3) is 4.19. The van der Waals surface area contributed by atoms with Gasteiger partial charge in [-0.1, -0.05) is 11.3 Å². The topological polar surface area (TPSA) is 100.0 Å². The zero-order valence-corrected chi connectivity index (χ0v) is 16.2. The predicted molar refractivity (Wildman–Crippen MR) is 105 cm³/mol. The largest absolute Gasteiger partial charge is 0.492 e. The minimum atomic E-state index is -2.47. The van der Waals surface area contributed by atoms with E-state index in [0.717, 1.165) is 15.6 Å². The molecule has 0 aliphatic carbocycles. The molecule has 2 N–H and O–H groups in total. The van der Waals surface area contributed by atoms with E-state index in [4.69, 9.17) is 9.84 Å². The molecule has 1 aromatic heterocycles. The molecule has 7 nitrogen and oxygen atoms in total. The van der Waals surface area contributed by atoms with Crippen molar-refractivity contribution >= 4 is 39.3 Å². The van der Waals surface area contributed by atoms with E-state index in [1.807, 2.05) is 0 Å². The summed E-state index contributed by atoms with van der Waals surface area (Å²) in [4.78, 5) is 15.5. The average molecular weight is 422 g/mol. The van der Waals surface area contributed by atoms with Gasteiger partial charge in [0.25, 0.3) is 11.3 Å². The molecule has 3 aromatic rings. The Balaban J connectivity index is 2.04. The fraction of sp³-hybridized carbons (Fsp3) is 0.111. The predicted octanol–water partition coefficient (Wildman–Crippen LogP) is 4.32. The highest BCUT2D eigenvalue weighted by Gasteiger charge is 2.23. The van der Waals surface area contributed by atoms with E-state index in [1.54, 1.807) is 19.1 Å². The molecule has 28 heavy (non-hydrogen) atoms. The number of carboxylic acids is 1.